The van der Waals surface area contributed by atoms with Crippen molar-refractivity contribution in [3.8, 4) is 16.9 Å². The van der Waals surface area contributed by atoms with E-state index in [0.29, 0.717) is 6.61 Å². The SMILES string of the molecule is CCc1c(C)ncnc1N1CCOc2ccc(-c3ccc4nc(C)[nH]c4c3)cc2C1. The molecule has 4 aromatic rings. The van der Waals surface area contributed by atoms with Crippen molar-refractivity contribution in [3.05, 3.63) is 65.4 Å². The van der Waals surface area contributed by atoms with E-state index in [9.17, 15) is 0 Å². The molecule has 5 rings (SSSR count). The molecule has 6 heteroatoms. The molecule has 1 aliphatic rings. The summed E-state index contributed by atoms with van der Waals surface area (Å²) < 4.78 is 6.07. The normalized spacial score (nSPS) is 13.8. The van der Waals surface area contributed by atoms with Crippen molar-refractivity contribution >= 4 is 16.9 Å². The predicted octanol–water partition coefficient (Wildman–Crippen LogP) is 4.60. The lowest BCUT2D eigenvalue weighted by Gasteiger charge is -2.24. The van der Waals surface area contributed by atoms with Crippen molar-refractivity contribution in [1.29, 1.82) is 0 Å². The Hall–Kier alpha value is -3.41. The van der Waals surface area contributed by atoms with E-state index in [2.05, 4.69) is 75.1 Å². The zero-order chi connectivity index (χ0) is 20.7. The second kappa shape index (κ2) is 7.44. The van der Waals surface area contributed by atoms with Crippen molar-refractivity contribution in [1.82, 2.24) is 19.9 Å². The quantitative estimate of drug-likeness (QED) is 0.545. The van der Waals surface area contributed by atoms with Crippen molar-refractivity contribution in [3.63, 3.8) is 0 Å². The van der Waals surface area contributed by atoms with Crippen molar-refractivity contribution in [2.45, 2.75) is 33.7 Å². The summed E-state index contributed by atoms with van der Waals surface area (Å²) in [5, 5.41) is 0. The van der Waals surface area contributed by atoms with Crippen LogP contribution in [0.2, 0.25) is 0 Å². The molecule has 0 aliphatic carbocycles. The largest absolute Gasteiger partial charge is 0.491 e. The second-order valence-corrected chi connectivity index (χ2v) is 7.76. The number of anilines is 1. The number of fused-ring (bicyclic) bond motifs is 2. The van der Waals surface area contributed by atoms with E-state index >= 15 is 0 Å². The summed E-state index contributed by atoms with van der Waals surface area (Å²) in [5.74, 6) is 2.89. The summed E-state index contributed by atoms with van der Waals surface area (Å²) >= 11 is 0. The number of aromatic amines is 1. The summed E-state index contributed by atoms with van der Waals surface area (Å²) in [6.07, 6.45) is 2.57. The van der Waals surface area contributed by atoms with E-state index in [4.69, 9.17) is 4.74 Å². The van der Waals surface area contributed by atoms with Gasteiger partial charge in [0.15, 0.2) is 0 Å². The van der Waals surface area contributed by atoms with E-state index in [0.717, 1.165) is 59.2 Å². The van der Waals surface area contributed by atoms with Crippen molar-refractivity contribution in [2.24, 2.45) is 0 Å². The Kier molecular flexibility index (Phi) is 4.62. The van der Waals surface area contributed by atoms with E-state index in [1.54, 1.807) is 6.33 Å². The zero-order valence-corrected chi connectivity index (χ0v) is 17.6. The fourth-order valence-electron chi connectivity index (χ4n) is 4.25. The molecule has 2 aromatic carbocycles. The van der Waals surface area contributed by atoms with Crippen LogP contribution in [0.4, 0.5) is 5.82 Å². The number of nitrogens with zero attached hydrogens (tertiary/aromatic N) is 4. The molecule has 152 valence electrons. The van der Waals surface area contributed by atoms with Gasteiger partial charge >= 0.3 is 0 Å². The first-order chi connectivity index (χ1) is 14.6. The fraction of sp³-hybridized carbons (Fsp3) is 0.292. The molecule has 1 N–H and O–H groups in total. The molecule has 0 unspecified atom stereocenters. The molecular formula is C24H25N5O. The summed E-state index contributed by atoms with van der Waals surface area (Å²) in [7, 11) is 0. The molecule has 0 amide bonds. The number of nitrogens with one attached hydrogen (secondary N) is 1. The van der Waals surface area contributed by atoms with Gasteiger partial charge in [-0.25, -0.2) is 15.0 Å². The van der Waals surface area contributed by atoms with Gasteiger partial charge in [-0.1, -0.05) is 19.1 Å². The van der Waals surface area contributed by atoms with Gasteiger partial charge in [0.05, 0.1) is 17.6 Å². The highest BCUT2D eigenvalue weighted by Crippen LogP contribution is 2.32. The van der Waals surface area contributed by atoms with Crippen LogP contribution < -0.4 is 9.64 Å². The van der Waals surface area contributed by atoms with Gasteiger partial charge in [0.2, 0.25) is 0 Å². The van der Waals surface area contributed by atoms with Gasteiger partial charge in [0.1, 0.15) is 30.3 Å². The average molecular weight is 399 g/mol. The summed E-state index contributed by atoms with van der Waals surface area (Å²) in [6, 6.07) is 12.8. The Bertz CT molecular complexity index is 1230. The Morgan fingerprint density at radius 2 is 1.90 bits per heavy atom. The third kappa shape index (κ3) is 3.28. The average Bonchev–Trinajstić information content (AvgIpc) is 2.99. The number of rotatable bonds is 3. The lowest BCUT2D eigenvalue weighted by Crippen LogP contribution is -2.27. The Balaban J connectivity index is 1.52. The maximum atomic E-state index is 6.07. The summed E-state index contributed by atoms with van der Waals surface area (Å²) in [5.41, 5.74) is 7.81. The standard InChI is InChI=1S/C24H25N5O/c1-4-20-15(2)25-14-26-24(20)29-9-10-30-23-8-6-17(11-19(23)13-29)18-5-7-21-22(12-18)28-16(3)27-21/h5-8,11-12,14H,4,9-10,13H2,1-3H3,(H,27,28). The smallest absolute Gasteiger partial charge is 0.135 e. The summed E-state index contributed by atoms with van der Waals surface area (Å²) in [6.45, 7) is 8.39. The number of imidazole rings is 1. The molecule has 0 saturated carbocycles. The van der Waals surface area contributed by atoms with E-state index in [-0.39, 0.29) is 0 Å². The van der Waals surface area contributed by atoms with Crippen LogP contribution in [0.1, 0.15) is 29.6 Å². The number of aryl methyl sites for hydroxylation is 2. The number of H-pyrrole nitrogens is 1. The van der Waals surface area contributed by atoms with Gasteiger partial charge in [-0.15, -0.1) is 0 Å². The maximum Gasteiger partial charge on any atom is 0.135 e. The maximum absolute atomic E-state index is 6.07. The van der Waals surface area contributed by atoms with Gasteiger partial charge in [0.25, 0.3) is 0 Å². The van der Waals surface area contributed by atoms with Gasteiger partial charge in [-0.2, -0.15) is 0 Å². The summed E-state index contributed by atoms with van der Waals surface area (Å²) in [4.78, 5) is 19.1. The highest BCUT2D eigenvalue weighted by atomic mass is 16.5. The minimum Gasteiger partial charge on any atom is -0.491 e. The van der Waals surface area contributed by atoms with Crippen LogP contribution >= 0.6 is 0 Å². The molecule has 0 atom stereocenters. The van der Waals surface area contributed by atoms with Crippen LogP contribution in [-0.4, -0.2) is 33.1 Å². The van der Waals surface area contributed by atoms with Crippen LogP contribution in [0.5, 0.6) is 5.75 Å². The number of ether oxygens (including phenoxy) is 1. The Morgan fingerprint density at radius 1 is 1.07 bits per heavy atom. The van der Waals surface area contributed by atoms with Crippen LogP contribution in [0.25, 0.3) is 22.2 Å². The zero-order valence-electron chi connectivity index (χ0n) is 17.6. The molecular weight excluding hydrogens is 374 g/mol. The molecule has 3 heterocycles. The number of aromatic nitrogens is 4. The third-order valence-electron chi connectivity index (χ3n) is 5.77. The lowest BCUT2D eigenvalue weighted by atomic mass is 10.0. The number of benzene rings is 2. The van der Waals surface area contributed by atoms with Gasteiger partial charge in [-0.05, 0) is 55.7 Å². The Labute approximate surface area is 176 Å². The third-order valence-corrected chi connectivity index (χ3v) is 5.77. The van der Waals surface area contributed by atoms with Gasteiger partial charge in [-0.3, -0.25) is 0 Å². The lowest BCUT2D eigenvalue weighted by molar-refractivity contribution is 0.331. The molecule has 0 radical (unpaired) electrons. The van der Waals surface area contributed by atoms with Gasteiger partial charge < -0.3 is 14.6 Å². The molecule has 30 heavy (non-hydrogen) atoms. The van der Waals surface area contributed by atoms with E-state index in [1.807, 2.05) is 6.92 Å². The monoisotopic (exact) mass is 399 g/mol. The Morgan fingerprint density at radius 3 is 2.77 bits per heavy atom. The van der Waals surface area contributed by atoms with E-state index < -0.39 is 0 Å². The topological polar surface area (TPSA) is 66.9 Å². The molecule has 0 fully saturated rings. The van der Waals surface area contributed by atoms with Crippen LogP contribution in [0.15, 0.2) is 42.7 Å². The number of hydrogen-bond acceptors (Lipinski definition) is 5. The van der Waals surface area contributed by atoms with Crippen molar-refractivity contribution in [2.75, 3.05) is 18.1 Å². The molecule has 0 bridgehead atoms. The molecule has 0 saturated heterocycles. The first-order valence-corrected chi connectivity index (χ1v) is 10.4. The van der Waals surface area contributed by atoms with Crippen LogP contribution in [0, 0.1) is 13.8 Å². The minimum atomic E-state index is 0.637. The number of hydrogen-bond donors (Lipinski definition) is 1. The highest BCUT2D eigenvalue weighted by molar-refractivity contribution is 5.82. The van der Waals surface area contributed by atoms with Crippen LogP contribution in [-0.2, 0) is 13.0 Å². The first-order valence-electron chi connectivity index (χ1n) is 10.4. The predicted molar refractivity (Wildman–Crippen MR) is 119 cm³/mol. The van der Waals surface area contributed by atoms with Crippen molar-refractivity contribution < 1.29 is 4.74 Å². The molecule has 2 aromatic heterocycles. The minimum absolute atomic E-state index is 0.637. The second-order valence-electron chi connectivity index (χ2n) is 7.76. The molecule has 1 aliphatic heterocycles. The van der Waals surface area contributed by atoms with E-state index in [1.165, 1.54) is 16.7 Å². The highest BCUT2D eigenvalue weighted by Gasteiger charge is 2.20. The first kappa shape index (κ1) is 18.6. The van der Waals surface area contributed by atoms with Crippen LogP contribution in [0.3, 0.4) is 0 Å². The fourth-order valence-corrected chi connectivity index (χ4v) is 4.25. The molecule has 0 spiro atoms. The molecule has 6 nitrogen and oxygen atoms in total. The van der Waals surface area contributed by atoms with Gasteiger partial charge in [0, 0.05) is 23.4 Å².